The average molecular weight is 404 g/mol. The predicted molar refractivity (Wildman–Crippen MR) is 97.1 cm³/mol. The van der Waals surface area contributed by atoms with E-state index in [-0.39, 0.29) is 23.7 Å². The molecule has 4 heterocycles. The number of hydrogen-bond acceptors (Lipinski definition) is 7. The van der Waals surface area contributed by atoms with E-state index in [0.717, 1.165) is 12.8 Å². The summed E-state index contributed by atoms with van der Waals surface area (Å²) in [5, 5.41) is 0. The third-order valence-corrected chi connectivity index (χ3v) is 7.42. The number of amidine groups is 1. The maximum absolute atomic E-state index is 12.6. The van der Waals surface area contributed by atoms with Crippen LogP contribution >= 0.6 is 0 Å². The molecule has 8 nitrogen and oxygen atoms in total. The molecule has 1 aliphatic carbocycles. The second kappa shape index (κ2) is 5.85. The maximum atomic E-state index is 12.6. The second-order valence-electron chi connectivity index (χ2n) is 8.10. The Morgan fingerprint density at radius 3 is 2.54 bits per heavy atom. The molecule has 148 valence electrons. The fourth-order valence-corrected chi connectivity index (χ4v) is 5.93. The topological polar surface area (TPSA) is 86.7 Å². The fraction of sp³-hybridized carbons (Fsp3) is 0.579. The van der Waals surface area contributed by atoms with Crippen molar-refractivity contribution in [2.45, 2.75) is 55.7 Å². The molecule has 1 saturated carbocycles. The molecule has 1 amide bonds. The van der Waals surface area contributed by atoms with Crippen molar-refractivity contribution >= 4 is 23.3 Å². The number of carbonyl (C=O) groups is 1. The van der Waals surface area contributed by atoms with Gasteiger partial charge < -0.3 is 14.4 Å². The zero-order valence-electron chi connectivity index (χ0n) is 15.2. The van der Waals surface area contributed by atoms with Crippen LogP contribution in [0.1, 0.15) is 36.8 Å². The van der Waals surface area contributed by atoms with Crippen molar-refractivity contribution in [3.05, 3.63) is 35.4 Å². The molecule has 3 fully saturated rings. The van der Waals surface area contributed by atoms with Gasteiger partial charge in [0.2, 0.25) is 0 Å². The highest BCUT2D eigenvalue weighted by Crippen LogP contribution is 2.46. The first-order chi connectivity index (χ1) is 13.6. The molecule has 0 N–H and O–H groups in total. The first kappa shape index (κ1) is 17.1. The third kappa shape index (κ3) is 2.36. The molecule has 2 unspecified atom stereocenters. The number of benzene rings is 1. The zero-order chi connectivity index (χ0) is 18.9. The van der Waals surface area contributed by atoms with Crippen molar-refractivity contribution in [2.24, 2.45) is 4.99 Å². The minimum Gasteiger partial charge on any atom is -0.448 e. The Hall–Kier alpha value is -1.81. The van der Waals surface area contributed by atoms with E-state index in [0.29, 0.717) is 38.6 Å². The van der Waals surface area contributed by atoms with E-state index in [1.54, 1.807) is 0 Å². The summed E-state index contributed by atoms with van der Waals surface area (Å²) in [6.45, 7) is 2.07. The van der Waals surface area contributed by atoms with E-state index in [1.165, 1.54) is 11.1 Å². The first-order valence-electron chi connectivity index (χ1n) is 9.62. The van der Waals surface area contributed by atoms with Crippen molar-refractivity contribution in [2.75, 3.05) is 13.1 Å². The number of amides is 1. The molecule has 0 aromatic heterocycles. The normalized spacial score (nSPS) is 38.0. The Morgan fingerprint density at radius 1 is 1.07 bits per heavy atom. The lowest BCUT2D eigenvalue weighted by Gasteiger charge is -2.39. The molecule has 0 bridgehead atoms. The van der Waals surface area contributed by atoms with Crippen LogP contribution in [-0.4, -0.2) is 51.9 Å². The average Bonchev–Trinajstić information content (AvgIpc) is 3.40. The molecule has 4 aliphatic heterocycles. The van der Waals surface area contributed by atoms with E-state index in [9.17, 15) is 9.00 Å². The van der Waals surface area contributed by atoms with Gasteiger partial charge in [-0.3, -0.25) is 13.2 Å². The van der Waals surface area contributed by atoms with Gasteiger partial charge in [0.25, 0.3) is 11.9 Å². The lowest BCUT2D eigenvalue weighted by molar-refractivity contribution is -0.131. The highest BCUT2D eigenvalue weighted by molar-refractivity contribution is 7.75. The third-order valence-electron chi connectivity index (χ3n) is 6.61. The number of carbonyl (C=O) groups excluding carboxylic acids is 1. The second-order valence-corrected chi connectivity index (χ2v) is 8.90. The molecule has 28 heavy (non-hydrogen) atoms. The van der Waals surface area contributed by atoms with Gasteiger partial charge in [-0.25, -0.2) is 0 Å². The minimum atomic E-state index is -1.72. The van der Waals surface area contributed by atoms with Gasteiger partial charge >= 0.3 is 11.4 Å². The van der Waals surface area contributed by atoms with E-state index in [1.807, 2.05) is 11.0 Å². The molecule has 2 spiro atoms. The van der Waals surface area contributed by atoms with E-state index in [2.05, 4.69) is 23.2 Å². The molecule has 2 atom stereocenters. The van der Waals surface area contributed by atoms with Gasteiger partial charge in [0, 0.05) is 25.9 Å². The summed E-state index contributed by atoms with van der Waals surface area (Å²) in [7, 11) is 0. The minimum absolute atomic E-state index is 0.246. The highest BCUT2D eigenvalue weighted by atomic mass is 32.2. The smallest absolute Gasteiger partial charge is 0.305 e. The monoisotopic (exact) mass is 404 g/mol. The largest absolute Gasteiger partial charge is 0.448 e. The Bertz CT molecular complexity index is 893. The van der Waals surface area contributed by atoms with Gasteiger partial charge in [-0.1, -0.05) is 24.3 Å². The molecule has 2 saturated heterocycles. The van der Waals surface area contributed by atoms with E-state index < -0.39 is 17.0 Å². The quantitative estimate of drug-likeness (QED) is 0.644. The lowest BCUT2D eigenvalue weighted by atomic mass is 9.84. The van der Waals surface area contributed by atoms with Crippen LogP contribution in [0.4, 0.5) is 0 Å². The molecule has 1 aromatic rings. The van der Waals surface area contributed by atoms with Crippen LogP contribution in [0.5, 0.6) is 0 Å². The van der Waals surface area contributed by atoms with Crippen LogP contribution in [0.25, 0.3) is 0 Å². The number of rotatable bonds is 0. The number of hydrogen-bond donors (Lipinski definition) is 0. The standard InChI is InChI=1S/C19H20N2O6S/c22-16-19(9-14-15(10-19)27-28(23)26-14)25-17(20-16)21-7-5-18(6-8-21)13-4-2-1-3-12(13)11-24-18/h1-4,14-15H,5-11H2. The number of ether oxygens (including phenoxy) is 2. The van der Waals surface area contributed by atoms with Crippen LogP contribution in [0.15, 0.2) is 29.3 Å². The van der Waals surface area contributed by atoms with Gasteiger partial charge in [-0.2, -0.15) is 9.20 Å². The fourth-order valence-electron chi connectivity index (χ4n) is 5.09. The van der Waals surface area contributed by atoms with Crippen molar-refractivity contribution < 1.29 is 26.8 Å². The summed E-state index contributed by atoms with van der Waals surface area (Å²) >= 11 is -1.72. The van der Waals surface area contributed by atoms with E-state index in [4.69, 9.17) is 17.8 Å². The van der Waals surface area contributed by atoms with Crippen molar-refractivity contribution in [1.82, 2.24) is 4.90 Å². The Morgan fingerprint density at radius 2 is 1.79 bits per heavy atom. The number of fused-ring (bicyclic) bond motifs is 3. The van der Waals surface area contributed by atoms with Crippen LogP contribution in [0.2, 0.25) is 0 Å². The Labute approximate surface area is 164 Å². The van der Waals surface area contributed by atoms with Gasteiger partial charge in [0.15, 0.2) is 5.60 Å². The molecular weight excluding hydrogens is 384 g/mol. The summed E-state index contributed by atoms with van der Waals surface area (Å²) in [6.07, 6.45) is 1.53. The summed E-state index contributed by atoms with van der Waals surface area (Å²) < 4.78 is 34.1. The van der Waals surface area contributed by atoms with Gasteiger partial charge in [0.05, 0.1) is 12.2 Å². The predicted octanol–water partition coefficient (Wildman–Crippen LogP) is 1.32. The Kier molecular flexibility index (Phi) is 3.57. The summed E-state index contributed by atoms with van der Waals surface area (Å²) in [4.78, 5) is 18.9. The van der Waals surface area contributed by atoms with E-state index >= 15 is 0 Å². The van der Waals surface area contributed by atoms with Crippen LogP contribution in [-0.2, 0) is 46.2 Å². The summed E-state index contributed by atoms with van der Waals surface area (Å²) in [5.41, 5.74) is 1.25. The molecule has 6 rings (SSSR count). The van der Waals surface area contributed by atoms with Crippen molar-refractivity contribution in [1.29, 1.82) is 0 Å². The van der Waals surface area contributed by atoms with Gasteiger partial charge in [-0.05, 0) is 24.0 Å². The summed E-state index contributed by atoms with van der Waals surface area (Å²) in [5.74, 6) is -0.294. The van der Waals surface area contributed by atoms with Crippen molar-refractivity contribution in [3.63, 3.8) is 0 Å². The number of aliphatic imine (C=N–C) groups is 1. The van der Waals surface area contributed by atoms with Gasteiger partial charge in [0.1, 0.15) is 12.2 Å². The molecule has 0 radical (unpaired) electrons. The van der Waals surface area contributed by atoms with Crippen LogP contribution in [0.3, 0.4) is 0 Å². The Balaban J connectivity index is 1.16. The SMILES string of the molecule is O=C1N=C(N2CCC3(CC2)OCc2ccccc23)OC12CC1OS(=O)OC1C2. The lowest BCUT2D eigenvalue weighted by Crippen LogP contribution is -2.46. The maximum Gasteiger partial charge on any atom is 0.305 e. The highest BCUT2D eigenvalue weighted by Gasteiger charge is 2.61. The molecule has 9 heteroatoms. The molecule has 1 aromatic carbocycles. The molecular formula is C19H20N2O6S. The van der Waals surface area contributed by atoms with Crippen LogP contribution in [0, 0.1) is 0 Å². The zero-order valence-corrected chi connectivity index (χ0v) is 16.0. The first-order valence-corrected chi connectivity index (χ1v) is 10.6. The number of piperidine rings is 1. The number of likely N-dealkylation sites (tertiary alicyclic amines) is 1. The van der Waals surface area contributed by atoms with Crippen molar-refractivity contribution in [3.8, 4) is 0 Å². The molecule has 5 aliphatic rings. The summed E-state index contributed by atoms with van der Waals surface area (Å²) in [6, 6.07) is 8.76. The number of nitrogens with zero attached hydrogens (tertiary/aromatic N) is 2. The van der Waals surface area contributed by atoms with Gasteiger partial charge in [-0.15, -0.1) is 0 Å². The van der Waals surface area contributed by atoms with Crippen LogP contribution < -0.4 is 0 Å².